The molecule has 32 heavy (non-hydrogen) atoms. The first-order valence-corrected chi connectivity index (χ1v) is 11.0. The third kappa shape index (κ3) is 6.76. The number of rotatable bonds is 8. The number of aryl methyl sites for hydroxylation is 1. The predicted octanol–water partition coefficient (Wildman–Crippen LogP) is 4.72. The maximum atomic E-state index is 12.1. The van der Waals surface area contributed by atoms with Crippen LogP contribution in [0.3, 0.4) is 0 Å². The Hall–Kier alpha value is -2.47. The van der Waals surface area contributed by atoms with Crippen molar-refractivity contribution in [3.8, 4) is 11.3 Å². The zero-order valence-corrected chi connectivity index (χ0v) is 21.7. The highest BCUT2D eigenvalue weighted by Crippen LogP contribution is 2.24. The third-order valence-electron chi connectivity index (χ3n) is 4.36. The minimum Gasteiger partial charge on any atom is -0.462 e. The molecular formula is C22H28IN5O3S. The van der Waals surface area contributed by atoms with Gasteiger partial charge in [0.2, 0.25) is 0 Å². The number of thiazole rings is 1. The van der Waals surface area contributed by atoms with Crippen molar-refractivity contribution >= 4 is 47.2 Å². The van der Waals surface area contributed by atoms with Crippen LogP contribution < -0.4 is 10.6 Å². The number of halogens is 1. The highest BCUT2D eigenvalue weighted by Gasteiger charge is 2.20. The van der Waals surface area contributed by atoms with Crippen LogP contribution in [-0.4, -0.2) is 35.2 Å². The molecule has 8 nitrogen and oxygen atoms in total. The molecule has 1 unspecified atom stereocenters. The molecule has 0 amide bonds. The number of ether oxygens (including phenoxy) is 1. The molecule has 0 spiro atoms. The monoisotopic (exact) mass is 569 g/mol. The van der Waals surface area contributed by atoms with Gasteiger partial charge in [0, 0.05) is 18.2 Å². The van der Waals surface area contributed by atoms with Crippen molar-refractivity contribution in [1.82, 2.24) is 20.8 Å². The Morgan fingerprint density at radius 3 is 2.72 bits per heavy atom. The van der Waals surface area contributed by atoms with Crippen LogP contribution in [0.1, 0.15) is 52.9 Å². The minimum atomic E-state index is -0.336. The lowest BCUT2D eigenvalue weighted by Crippen LogP contribution is -2.38. The van der Waals surface area contributed by atoms with Crippen molar-refractivity contribution in [3.05, 3.63) is 57.7 Å². The van der Waals surface area contributed by atoms with Gasteiger partial charge in [-0.1, -0.05) is 35.5 Å². The zero-order chi connectivity index (χ0) is 22.2. The van der Waals surface area contributed by atoms with Gasteiger partial charge >= 0.3 is 5.97 Å². The van der Waals surface area contributed by atoms with Gasteiger partial charge in [0.15, 0.2) is 11.7 Å². The van der Waals surface area contributed by atoms with Gasteiger partial charge in [-0.15, -0.1) is 35.3 Å². The molecule has 2 aromatic heterocycles. The number of benzene rings is 1. The molecule has 1 aromatic carbocycles. The van der Waals surface area contributed by atoms with Crippen LogP contribution in [0.25, 0.3) is 11.3 Å². The molecule has 2 N–H and O–H groups in total. The van der Waals surface area contributed by atoms with Crippen molar-refractivity contribution < 1.29 is 14.1 Å². The standard InChI is InChI=1S/C22H27N5O3S.HI/c1-5-23-22(24-13-17-12-18(30-27-17)16-10-8-7-9-11-16)26-15(4)20-25-14(3)19(31-20)21(28)29-6-2;/h7-12,15H,5-6,13H2,1-4H3,(H2,23,24,26);1H. The molecule has 10 heteroatoms. The average Bonchev–Trinajstić information content (AvgIpc) is 3.40. The number of guanidine groups is 1. The highest BCUT2D eigenvalue weighted by atomic mass is 127. The van der Waals surface area contributed by atoms with Gasteiger partial charge in [-0.3, -0.25) is 0 Å². The fourth-order valence-electron chi connectivity index (χ4n) is 2.86. The third-order valence-corrected chi connectivity index (χ3v) is 5.68. The summed E-state index contributed by atoms with van der Waals surface area (Å²) in [5.74, 6) is 1.00. The SMILES string of the molecule is CCNC(=NCc1cc(-c2ccccc2)on1)NC(C)c1nc(C)c(C(=O)OCC)s1.I. The second-order valence-corrected chi connectivity index (χ2v) is 7.83. The van der Waals surface area contributed by atoms with Crippen LogP contribution in [-0.2, 0) is 11.3 Å². The first-order chi connectivity index (χ1) is 15.0. The Kier molecular flexibility index (Phi) is 10.1. The molecule has 0 saturated carbocycles. The fourth-order valence-corrected chi connectivity index (χ4v) is 3.82. The summed E-state index contributed by atoms with van der Waals surface area (Å²) in [5, 5.41) is 11.5. The fraction of sp³-hybridized carbons (Fsp3) is 0.364. The van der Waals surface area contributed by atoms with E-state index in [1.807, 2.05) is 57.2 Å². The van der Waals surface area contributed by atoms with Crippen molar-refractivity contribution in [2.45, 2.75) is 40.3 Å². The highest BCUT2D eigenvalue weighted by molar-refractivity contribution is 14.0. The van der Waals surface area contributed by atoms with E-state index in [1.54, 1.807) is 6.92 Å². The smallest absolute Gasteiger partial charge is 0.350 e. The summed E-state index contributed by atoms with van der Waals surface area (Å²) in [4.78, 5) is 21.7. The number of nitrogens with one attached hydrogen (secondary N) is 2. The van der Waals surface area contributed by atoms with Crippen molar-refractivity contribution in [3.63, 3.8) is 0 Å². The second kappa shape index (κ2) is 12.5. The van der Waals surface area contributed by atoms with E-state index >= 15 is 0 Å². The molecule has 1 atom stereocenters. The Morgan fingerprint density at radius 1 is 1.28 bits per heavy atom. The van der Waals surface area contributed by atoms with Gasteiger partial charge in [-0.2, -0.15) is 0 Å². The second-order valence-electron chi connectivity index (χ2n) is 6.80. The van der Waals surface area contributed by atoms with Crippen LogP contribution in [0.2, 0.25) is 0 Å². The van der Waals surface area contributed by atoms with Crippen LogP contribution >= 0.6 is 35.3 Å². The maximum absolute atomic E-state index is 12.1. The lowest BCUT2D eigenvalue weighted by Gasteiger charge is -2.15. The maximum Gasteiger partial charge on any atom is 0.350 e. The van der Waals surface area contributed by atoms with Crippen LogP contribution in [0.5, 0.6) is 0 Å². The van der Waals surface area contributed by atoms with Crippen molar-refractivity contribution in [1.29, 1.82) is 0 Å². The zero-order valence-electron chi connectivity index (χ0n) is 18.5. The number of nitrogens with zero attached hydrogens (tertiary/aromatic N) is 3. The molecule has 3 aromatic rings. The number of hydrogen-bond acceptors (Lipinski definition) is 7. The average molecular weight is 569 g/mol. The van der Waals surface area contributed by atoms with E-state index in [4.69, 9.17) is 9.26 Å². The molecule has 172 valence electrons. The van der Waals surface area contributed by atoms with Crippen molar-refractivity contribution in [2.75, 3.05) is 13.2 Å². The van der Waals surface area contributed by atoms with Gasteiger partial charge in [-0.25, -0.2) is 14.8 Å². The molecule has 2 heterocycles. The van der Waals surface area contributed by atoms with Gasteiger partial charge in [0.25, 0.3) is 0 Å². The van der Waals surface area contributed by atoms with E-state index in [0.717, 1.165) is 16.3 Å². The molecule has 0 bridgehead atoms. The van der Waals surface area contributed by atoms with Crippen molar-refractivity contribution in [2.24, 2.45) is 4.99 Å². The van der Waals surface area contributed by atoms with Crippen LogP contribution in [0, 0.1) is 6.92 Å². The van der Waals surface area contributed by atoms with Gasteiger partial charge in [0.1, 0.15) is 15.6 Å². The first-order valence-electron chi connectivity index (χ1n) is 10.2. The Labute approximate surface area is 208 Å². The number of aliphatic imine (C=N–C) groups is 1. The molecule has 0 aliphatic heterocycles. The topological polar surface area (TPSA) is 102 Å². The lowest BCUT2D eigenvalue weighted by molar-refractivity contribution is 0.0531. The molecule has 0 saturated heterocycles. The number of carbonyl (C=O) groups is 1. The largest absolute Gasteiger partial charge is 0.462 e. The minimum absolute atomic E-state index is 0. The van der Waals surface area contributed by atoms with E-state index < -0.39 is 0 Å². The van der Waals surface area contributed by atoms with E-state index in [1.165, 1.54) is 11.3 Å². The van der Waals surface area contributed by atoms with Gasteiger partial charge in [-0.05, 0) is 27.7 Å². The molecule has 0 aliphatic carbocycles. The molecular weight excluding hydrogens is 541 g/mol. The Morgan fingerprint density at radius 2 is 2.03 bits per heavy atom. The van der Waals surface area contributed by atoms with Crippen LogP contribution in [0.15, 0.2) is 45.9 Å². The lowest BCUT2D eigenvalue weighted by atomic mass is 10.2. The number of aromatic nitrogens is 2. The number of carbonyl (C=O) groups excluding carboxylic acids is 1. The summed E-state index contributed by atoms with van der Waals surface area (Å²) in [7, 11) is 0. The van der Waals surface area contributed by atoms with Gasteiger partial charge in [0.05, 0.1) is 24.9 Å². The van der Waals surface area contributed by atoms with E-state index in [-0.39, 0.29) is 36.0 Å². The first kappa shape index (κ1) is 25.8. The number of esters is 1. The van der Waals surface area contributed by atoms with Gasteiger partial charge < -0.3 is 19.9 Å². The summed E-state index contributed by atoms with van der Waals surface area (Å²) in [6, 6.07) is 11.6. The molecule has 0 aliphatic rings. The Balaban J connectivity index is 0.00000363. The molecule has 0 fully saturated rings. The predicted molar refractivity (Wildman–Crippen MR) is 137 cm³/mol. The summed E-state index contributed by atoms with van der Waals surface area (Å²) < 4.78 is 10.5. The molecule has 0 radical (unpaired) electrons. The molecule has 3 rings (SSSR count). The summed E-state index contributed by atoms with van der Waals surface area (Å²) >= 11 is 1.33. The summed E-state index contributed by atoms with van der Waals surface area (Å²) in [5.41, 5.74) is 2.38. The van der Waals surface area contributed by atoms with E-state index in [9.17, 15) is 4.79 Å². The number of hydrogen-bond donors (Lipinski definition) is 2. The summed E-state index contributed by atoms with van der Waals surface area (Å²) in [6.07, 6.45) is 0. The van der Waals surface area contributed by atoms with Crippen LogP contribution in [0.4, 0.5) is 0 Å². The quantitative estimate of drug-likeness (QED) is 0.175. The van der Waals surface area contributed by atoms with E-state index in [0.29, 0.717) is 42.0 Å². The Bertz CT molecular complexity index is 1040. The van der Waals surface area contributed by atoms with E-state index in [2.05, 4.69) is 25.8 Å². The summed E-state index contributed by atoms with van der Waals surface area (Å²) in [6.45, 7) is 8.98. The normalized spacial score (nSPS) is 12.1.